The van der Waals surface area contributed by atoms with Gasteiger partial charge in [-0.25, -0.2) is 0 Å². The highest BCUT2D eigenvalue weighted by Crippen LogP contribution is 2.64. The lowest BCUT2D eigenvalue weighted by Gasteiger charge is -2.59. The summed E-state index contributed by atoms with van der Waals surface area (Å²) in [4.78, 5) is 10.4. The van der Waals surface area contributed by atoms with Gasteiger partial charge in [0.05, 0.1) is 0 Å². The first kappa shape index (κ1) is 13.4. The Morgan fingerprint density at radius 1 is 0.882 bits per heavy atom. The molecule has 2 aliphatic rings. The summed E-state index contributed by atoms with van der Waals surface area (Å²) >= 11 is 0. The summed E-state index contributed by atoms with van der Waals surface area (Å²) < 4.78 is 0. The van der Waals surface area contributed by atoms with E-state index in [-0.39, 0.29) is 17.1 Å². The Labute approximate surface area is 106 Å². The van der Waals surface area contributed by atoms with Crippen molar-refractivity contribution in [2.24, 2.45) is 22.2 Å². The largest absolute Gasteiger partial charge is 0.227 e. The highest BCUT2D eigenvalue weighted by Gasteiger charge is 2.60. The lowest BCUT2D eigenvalue weighted by molar-refractivity contribution is -0.121. The third-order valence-corrected chi connectivity index (χ3v) is 5.18. The minimum atomic E-state index is 0.0637. The number of hydrogen-bond acceptors (Lipinski definition) is 2. The molecule has 0 bridgehead atoms. The lowest BCUT2D eigenvalue weighted by atomic mass is 9.45. The molecule has 1 aliphatic carbocycles. The van der Waals surface area contributed by atoms with Crippen molar-refractivity contribution in [1.82, 2.24) is 0 Å². The second kappa shape index (κ2) is 3.96. The lowest BCUT2D eigenvalue weighted by Crippen LogP contribution is -2.54. The second-order valence-corrected chi connectivity index (χ2v) is 7.88. The summed E-state index contributed by atoms with van der Waals surface area (Å²) in [6.45, 7) is 14.3. The first-order chi connectivity index (χ1) is 7.70. The van der Waals surface area contributed by atoms with Gasteiger partial charge in [0.25, 0.3) is 0 Å². The molecule has 1 saturated heterocycles. The molecule has 1 saturated carbocycles. The van der Waals surface area contributed by atoms with Crippen LogP contribution in [0.15, 0.2) is 0 Å². The van der Waals surface area contributed by atoms with Gasteiger partial charge < -0.3 is 0 Å². The molecule has 2 rings (SSSR count). The summed E-state index contributed by atoms with van der Waals surface area (Å²) in [5.41, 5.74) is 0.872. The van der Waals surface area contributed by atoms with Crippen LogP contribution in [0.1, 0.15) is 67.2 Å². The first-order valence-corrected chi connectivity index (χ1v) is 7.02. The van der Waals surface area contributed by atoms with Crippen molar-refractivity contribution >= 4 is 0 Å². The molecule has 1 unspecified atom stereocenters. The Hall–Kier alpha value is -0.0800. The molecule has 100 valence electrons. The third kappa shape index (κ3) is 2.04. The van der Waals surface area contributed by atoms with Gasteiger partial charge in [0.1, 0.15) is 0 Å². The van der Waals surface area contributed by atoms with Crippen LogP contribution < -0.4 is 0 Å². The molecule has 1 atom stereocenters. The van der Waals surface area contributed by atoms with E-state index in [0.717, 1.165) is 0 Å². The predicted molar refractivity (Wildman–Crippen MR) is 69.3 cm³/mol. The third-order valence-electron chi connectivity index (χ3n) is 5.18. The van der Waals surface area contributed by atoms with Crippen molar-refractivity contribution in [1.29, 1.82) is 0 Å². The summed E-state index contributed by atoms with van der Waals surface area (Å²) in [6.07, 6.45) is 5.28. The highest BCUT2D eigenvalue weighted by atomic mass is 17.4. The van der Waals surface area contributed by atoms with Crippen LogP contribution in [0, 0.1) is 22.2 Å². The molecular weight excluding hydrogens is 212 g/mol. The van der Waals surface area contributed by atoms with Crippen LogP contribution in [0.3, 0.4) is 0 Å². The van der Waals surface area contributed by atoms with E-state index < -0.39 is 0 Å². The van der Waals surface area contributed by atoms with E-state index in [0.29, 0.717) is 11.3 Å². The van der Waals surface area contributed by atoms with Gasteiger partial charge in [0.15, 0.2) is 0 Å². The van der Waals surface area contributed by atoms with Crippen molar-refractivity contribution in [3.8, 4) is 0 Å². The van der Waals surface area contributed by atoms with Crippen molar-refractivity contribution in [2.75, 3.05) is 0 Å². The van der Waals surface area contributed by atoms with Gasteiger partial charge in [-0.2, -0.15) is 9.78 Å². The maximum Gasteiger partial charge on any atom is 0.227 e. The average molecular weight is 240 g/mol. The second-order valence-electron chi connectivity index (χ2n) is 7.88. The summed E-state index contributed by atoms with van der Waals surface area (Å²) in [7, 11) is 0. The van der Waals surface area contributed by atoms with Crippen LogP contribution in [-0.4, -0.2) is 6.29 Å². The van der Waals surface area contributed by atoms with Gasteiger partial charge in [0, 0.05) is 5.92 Å². The maximum atomic E-state index is 5.19. The fourth-order valence-corrected chi connectivity index (χ4v) is 4.72. The standard InChI is InChI=1S/C15H28O2/c1-13(2,3)15(14(4,5)6)10-8-7-9-11(15)12-16-17-12/h11-12H,7-10H2,1-6H3. The van der Waals surface area contributed by atoms with E-state index in [1.54, 1.807) is 0 Å². The van der Waals surface area contributed by atoms with Crippen molar-refractivity contribution in [3.05, 3.63) is 0 Å². The van der Waals surface area contributed by atoms with Crippen molar-refractivity contribution in [3.63, 3.8) is 0 Å². The van der Waals surface area contributed by atoms with Crippen LogP contribution in [-0.2, 0) is 9.78 Å². The molecule has 1 heterocycles. The van der Waals surface area contributed by atoms with E-state index in [4.69, 9.17) is 9.78 Å². The average Bonchev–Trinajstić information content (AvgIpc) is 2.97. The fraction of sp³-hybridized carbons (Fsp3) is 1.00. The zero-order valence-electron chi connectivity index (χ0n) is 12.3. The van der Waals surface area contributed by atoms with E-state index in [2.05, 4.69) is 41.5 Å². The molecule has 0 aromatic carbocycles. The fourth-order valence-electron chi connectivity index (χ4n) is 4.72. The van der Waals surface area contributed by atoms with Crippen LogP contribution in [0.4, 0.5) is 0 Å². The topological polar surface area (TPSA) is 25.1 Å². The Morgan fingerprint density at radius 3 is 1.82 bits per heavy atom. The van der Waals surface area contributed by atoms with E-state index in [1.165, 1.54) is 25.7 Å². The molecule has 0 spiro atoms. The summed E-state index contributed by atoms with van der Waals surface area (Å²) in [6, 6.07) is 0. The molecule has 0 N–H and O–H groups in total. The van der Waals surface area contributed by atoms with E-state index in [9.17, 15) is 0 Å². The van der Waals surface area contributed by atoms with Crippen molar-refractivity contribution < 1.29 is 9.78 Å². The Balaban J connectivity index is 2.42. The molecule has 2 fully saturated rings. The number of hydrogen-bond donors (Lipinski definition) is 0. The SMILES string of the molecule is CC(C)(C)C1(C(C)(C)C)CCCCC1C1OO1. The molecule has 0 amide bonds. The van der Waals surface area contributed by atoms with Crippen LogP contribution in [0.5, 0.6) is 0 Å². The monoisotopic (exact) mass is 240 g/mol. The summed E-state index contributed by atoms with van der Waals surface area (Å²) in [5.74, 6) is 0.552. The minimum Gasteiger partial charge on any atom is -0.198 e. The molecule has 0 aromatic rings. The number of rotatable bonds is 1. The molecular formula is C15H28O2. The normalized spacial score (nSPS) is 30.4. The van der Waals surface area contributed by atoms with Crippen LogP contribution in [0.2, 0.25) is 0 Å². The molecule has 2 heteroatoms. The van der Waals surface area contributed by atoms with Crippen molar-refractivity contribution in [2.45, 2.75) is 73.5 Å². The molecule has 2 nitrogen and oxygen atoms in total. The quantitative estimate of drug-likeness (QED) is 0.496. The summed E-state index contributed by atoms with van der Waals surface area (Å²) in [5, 5.41) is 0. The van der Waals surface area contributed by atoms with Gasteiger partial charge in [0.2, 0.25) is 6.29 Å². The molecule has 0 aromatic heterocycles. The van der Waals surface area contributed by atoms with E-state index in [1.807, 2.05) is 0 Å². The minimum absolute atomic E-state index is 0.0637. The maximum absolute atomic E-state index is 5.19. The zero-order valence-corrected chi connectivity index (χ0v) is 12.3. The molecule has 1 aliphatic heterocycles. The van der Waals surface area contributed by atoms with Gasteiger partial charge in [-0.05, 0) is 29.1 Å². The Kier molecular flexibility index (Phi) is 3.11. The van der Waals surface area contributed by atoms with Crippen LogP contribution in [0.25, 0.3) is 0 Å². The van der Waals surface area contributed by atoms with Crippen LogP contribution >= 0.6 is 0 Å². The molecule has 0 radical (unpaired) electrons. The van der Waals surface area contributed by atoms with E-state index >= 15 is 0 Å². The predicted octanol–water partition coefficient (Wildman–Crippen LogP) is 4.54. The van der Waals surface area contributed by atoms with Gasteiger partial charge in [-0.15, -0.1) is 0 Å². The Bertz CT molecular complexity index is 264. The molecule has 17 heavy (non-hydrogen) atoms. The zero-order chi connectivity index (χ0) is 12.9. The highest BCUT2D eigenvalue weighted by molar-refractivity contribution is 5.05. The smallest absolute Gasteiger partial charge is 0.198 e. The van der Waals surface area contributed by atoms with Gasteiger partial charge in [-0.3, -0.25) is 0 Å². The first-order valence-electron chi connectivity index (χ1n) is 7.02. The Morgan fingerprint density at radius 2 is 1.41 bits per heavy atom. The van der Waals surface area contributed by atoms with Gasteiger partial charge in [-0.1, -0.05) is 54.4 Å². The van der Waals surface area contributed by atoms with Gasteiger partial charge >= 0.3 is 0 Å².